The first-order valence-electron chi connectivity index (χ1n) is 6.03. The van der Waals surface area contributed by atoms with E-state index in [1.54, 1.807) is 0 Å². The summed E-state index contributed by atoms with van der Waals surface area (Å²) in [5.74, 6) is 0.975. The number of ether oxygens (including phenoxy) is 1. The number of hydrogen-bond acceptors (Lipinski definition) is 4. The van der Waals surface area contributed by atoms with E-state index in [9.17, 15) is 4.79 Å². The molecule has 0 bridgehead atoms. The molecule has 1 aliphatic rings. The molecule has 98 valence electrons. The molecule has 0 aromatic heterocycles. The van der Waals surface area contributed by atoms with Crippen LogP contribution in [0.5, 0.6) is 5.75 Å². The van der Waals surface area contributed by atoms with E-state index in [4.69, 9.17) is 9.84 Å². The minimum Gasteiger partial charge on any atom is -0.494 e. The molecule has 1 fully saturated rings. The number of thioether (sulfide) groups is 1. The van der Waals surface area contributed by atoms with Crippen LogP contribution in [0.15, 0.2) is 24.3 Å². The fourth-order valence-corrected chi connectivity index (χ4v) is 2.99. The Balaban J connectivity index is 2.04. The molecule has 1 unspecified atom stereocenters. The Morgan fingerprint density at radius 1 is 1.50 bits per heavy atom. The summed E-state index contributed by atoms with van der Waals surface area (Å²) in [5.41, 5.74) is 1.06. The predicted octanol–water partition coefficient (Wildman–Crippen LogP) is 2.09. The summed E-state index contributed by atoms with van der Waals surface area (Å²) < 4.78 is 5.39. The number of carboxylic acids is 1. The van der Waals surface area contributed by atoms with Gasteiger partial charge in [-0.25, -0.2) is 0 Å². The van der Waals surface area contributed by atoms with E-state index in [1.165, 1.54) is 11.8 Å². The third-order valence-electron chi connectivity index (χ3n) is 2.85. The molecule has 5 heteroatoms. The van der Waals surface area contributed by atoms with Crippen molar-refractivity contribution in [3.05, 3.63) is 24.3 Å². The SMILES string of the molecule is CCOc1ccc(N2CCSC(C(=O)O)C2)cc1. The molecular formula is C13H17NO3S. The molecule has 1 aromatic rings. The lowest BCUT2D eigenvalue weighted by Gasteiger charge is -2.32. The Hall–Kier alpha value is -1.36. The van der Waals surface area contributed by atoms with E-state index in [1.807, 2.05) is 31.2 Å². The third kappa shape index (κ3) is 3.10. The minimum absolute atomic E-state index is 0.328. The van der Waals surface area contributed by atoms with Crippen molar-refractivity contribution in [2.75, 3.05) is 30.3 Å². The lowest BCUT2D eigenvalue weighted by Crippen LogP contribution is -2.41. The van der Waals surface area contributed by atoms with Crippen LogP contribution in [0, 0.1) is 0 Å². The normalized spacial score (nSPS) is 19.6. The Kier molecular flexibility index (Phi) is 4.36. The molecule has 1 aliphatic heterocycles. The summed E-state index contributed by atoms with van der Waals surface area (Å²) in [5, 5.41) is 8.72. The van der Waals surface area contributed by atoms with Crippen molar-refractivity contribution in [2.45, 2.75) is 12.2 Å². The van der Waals surface area contributed by atoms with E-state index in [0.29, 0.717) is 13.2 Å². The van der Waals surface area contributed by atoms with Crippen LogP contribution in [0.2, 0.25) is 0 Å². The van der Waals surface area contributed by atoms with Crippen LogP contribution in [0.1, 0.15) is 6.92 Å². The summed E-state index contributed by atoms with van der Waals surface area (Å²) in [7, 11) is 0. The molecule has 1 saturated heterocycles. The third-order valence-corrected chi connectivity index (χ3v) is 4.03. The fourth-order valence-electron chi connectivity index (χ4n) is 1.95. The number of aliphatic carboxylic acids is 1. The van der Waals surface area contributed by atoms with E-state index < -0.39 is 5.97 Å². The van der Waals surface area contributed by atoms with Gasteiger partial charge in [0.05, 0.1) is 6.61 Å². The number of nitrogens with zero attached hydrogens (tertiary/aromatic N) is 1. The Morgan fingerprint density at radius 3 is 2.83 bits per heavy atom. The van der Waals surface area contributed by atoms with Gasteiger partial charge >= 0.3 is 5.97 Å². The molecule has 1 atom stereocenters. The molecule has 1 heterocycles. The van der Waals surface area contributed by atoms with Gasteiger partial charge in [0.1, 0.15) is 11.0 Å². The maximum absolute atomic E-state index is 11.0. The van der Waals surface area contributed by atoms with Crippen molar-refractivity contribution in [3.63, 3.8) is 0 Å². The molecule has 0 aliphatic carbocycles. The lowest BCUT2D eigenvalue weighted by molar-refractivity contribution is -0.136. The number of rotatable bonds is 4. The second-order valence-electron chi connectivity index (χ2n) is 4.07. The summed E-state index contributed by atoms with van der Waals surface area (Å²) in [6.45, 7) is 4.06. The van der Waals surface area contributed by atoms with Crippen LogP contribution >= 0.6 is 11.8 Å². The minimum atomic E-state index is -0.726. The highest BCUT2D eigenvalue weighted by Gasteiger charge is 2.25. The first-order valence-corrected chi connectivity index (χ1v) is 7.08. The molecule has 0 spiro atoms. The summed E-state index contributed by atoms with van der Waals surface area (Å²) in [6, 6.07) is 7.83. The second-order valence-corrected chi connectivity index (χ2v) is 5.38. The van der Waals surface area contributed by atoms with Gasteiger partial charge in [-0.3, -0.25) is 4.79 Å². The van der Waals surface area contributed by atoms with E-state index in [0.717, 1.165) is 23.7 Å². The second kappa shape index (κ2) is 6.00. The zero-order chi connectivity index (χ0) is 13.0. The Labute approximate surface area is 111 Å². The Bertz CT molecular complexity index is 407. The van der Waals surface area contributed by atoms with Gasteiger partial charge in [-0.15, -0.1) is 11.8 Å². The van der Waals surface area contributed by atoms with Crippen LogP contribution < -0.4 is 9.64 Å². The maximum atomic E-state index is 11.0. The highest BCUT2D eigenvalue weighted by Crippen LogP contribution is 2.25. The first kappa shape index (κ1) is 13.1. The molecule has 1 N–H and O–H groups in total. The van der Waals surface area contributed by atoms with Crippen LogP contribution in [0.4, 0.5) is 5.69 Å². The maximum Gasteiger partial charge on any atom is 0.318 e. The van der Waals surface area contributed by atoms with Crippen molar-refractivity contribution >= 4 is 23.4 Å². The predicted molar refractivity (Wildman–Crippen MR) is 73.7 cm³/mol. The van der Waals surface area contributed by atoms with Crippen LogP contribution in [-0.4, -0.2) is 41.8 Å². The summed E-state index contributed by atoms with van der Waals surface area (Å²) >= 11 is 1.52. The number of hydrogen-bond donors (Lipinski definition) is 1. The number of anilines is 1. The number of carboxylic acid groups (broad SMARTS) is 1. The zero-order valence-electron chi connectivity index (χ0n) is 10.3. The van der Waals surface area contributed by atoms with Crippen LogP contribution in [-0.2, 0) is 4.79 Å². The van der Waals surface area contributed by atoms with Crippen LogP contribution in [0.3, 0.4) is 0 Å². The first-order chi connectivity index (χ1) is 8.70. The molecule has 18 heavy (non-hydrogen) atoms. The Morgan fingerprint density at radius 2 is 2.22 bits per heavy atom. The average Bonchev–Trinajstić information content (AvgIpc) is 2.40. The average molecular weight is 267 g/mol. The largest absolute Gasteiger partial charge is 0.494 e. The molecule has 0 saturated carbocycles. The smallest absolute Gasteiger partial charge is 0.318 e. The molecule has 0 radical (unpaired) electrons. The van der Waals surface area contributed by atoms with Gasteiger partial charge < -0.3 is 14.7 Å². The molecule has 0 amide bonds. The number of benzene rings is 1. The van der Waals surface area contributed by atoms with Gasteiger partial charge in [0, 0.05) is 24.5 Å². The van der Waals surface area contributed by atoms with Crippen molar-refractivity contribution in [3.8, 4) is 5.75 Å². The van der Waals surface area contributed by atoms with Crippen molar-refractivity contribution in [1.82, 2.24) is 0 Å². The molecule has 1 aromatic carbocycles. The van der Waals surface area contributed by atoms with Crippen molar-refractivity contribution in [2.24, 2.45) is 0 Å². The highest BCUT2D eigenvalue weighted by atomic mass is 32.2. The quantitative estimate of drug-likeness (QED) is 0.905. The lowest BCUT2D eigenvalue weighted by atomic mass is 10.2. The van der Waals surface area contributed by atoms with Gasteiger partial charge in [0.15, 0.2) is 0 Å². The van der Waals surface area contributed by atoms with E-state index in [-0.39, 0.29) is 5.25 Å². The van der Waals surface area contributed by atoms with E-state index >= 15 is 0 Å². The molecular weight excluding hydrogens is 250 g/mol. The van der Waals surface area contributed by atoms with Crippen molar-refractivity contribution in [1.29, 1.82) is 0 Å². The van der Waals surface area contributed by atoms with Gasteiger partial charge in [-0.2, -0.15) is 0 Å². The van der Waals surface area contributed by atoms with Gasteiger partial charge in [-0.1, -0.05) is 0 Å². The topological polar surface area (TPSA) is 49.8 Å². The summed E-state index contributed by atoms with van der Waals surface area (Å²) in [4.78, 5) is 13.1. The molecule has 2 rings (SSSR count). The highest BCUT2D eigenvalue weighted by molar-refractivity contribution is 8.00. The van der Waals surface area contributed by atoms with E-state index in [2.05, 4.69) is 4.90 Å². The fraction of sp³-hybridized carbons (Fsp3) is 0.462. The monoisotopic (exact) mass is 267 g/mol. The van der Waals surface area contributed by atoms with Crippen LogP contribution in [0.25, 0.3) is 0 Å². The number of carbonyl (C=O) groups is 1. The standard InChI is InChI=1S/C13H17NO3S/c1-2-17-11-5-3-10(4-6-11)14-7-8-18-12(9-14)13(15)16/h3-6,12H,2,7-9H2,1H3,(H,15,16). The van der Waals surface area contributed by atoms with Gasteiger partial charge in [0.25, 0.3) is 0 Å². The zero-order valence-corrected chi connectivity index (χ0v) is 11.2. The molecule has 4 nitrogen and oxygen atoms in total. The van der Waals surface area contributed by atoms with Gasteiger partial charge in [-0.05, 0) is 31.2 Å². The van der Waals surface area contributed by atoms with Gasteiger partial charge in [0.2, 0.25) is 0 Å². The van der Waals surface area contributed by atoms with Crippen molar-refractivity contribution < 1.29 is 14.6 Å². The summed E-state index contributed by atoms with van der Waals surface area (Å²) in [6.07, 6.45) is 0.